The maximum absolute atomic E-state index is 12.2. The molecule has 0 saturated heterocycles. The van der Waals surface area contributed by atoms with Gasteiger partial charge in [-0.05, 0) is 5.41 Å². The van der Waals surface area contributed by atoms with Gasteiger partial charge in [-0.3, -0.25) is 9.59 Å². The molecule has 98 valence electrons. The largest absolute Gasteiger partial charge is 0.481 e. The van der Waals surface area contributed by atoms with Crippen molar-refractivity contribution >= 4 is 23.2 Å². The van der Waals surface area contributed by atoms with Crippen molar-refractivity contribution in [2.45, 2.75) is 20.4 Å². The van der Waals surface area contributed by atoms with E-state index in [2.05, 4.69) is 4.98 Å². The molecule has 0 aromatic carbocycles. The lowest BCUT2D eigenvalue weighted by atomic mass is 10.1. The van der Waals surface area contributed by atoms with Crippen LogP contribution in [0.25, 0.3) is 0 Å². The first-order valence-electron chi connectivity index (χ1n) is 5.70. The van der Waals surface area contributed by atoms with E-state index in [4.69, 9.17) is 5.11 Å². The molecule has 1 N–H and O–H groups in total. The molecule has 0 spiro atoms. The van der Waals surface area contributed by atoms with Gasteiger partial charge in [0, 0.05) is 12.4 Å². The van der Waals surface area contributed by atoms with E-state index in [1.807, 2.05) is 19.2 Å². The monoisotopic (exact) mass is 268 g/mol. The molecule has 1 saturated carbocycles. The van der Waals surface area contributed by atoms with E-state index in [0.29, 0.717) is 6.54 Å². The number of hydrogen-bond acceptors (Lipinski definition) is 4. The quantitative estimate of drug-likeness (QED) is 0.897. The average molecular weight is 268 g/mol. The van der Waals surface area contributed by atoms with Gasteiger partial charge in [0.25, 0.3) is 0 Å². The van der Waals surface area contributed by atoms with Crippen LogP contribution in [-0.4, -0.2) is 33.9 Å². The third kappa shape index (κ3) is 2.12. The van der Waals surface area contributed by atoms with Crippen molar-refractivity contribution in [3.8, 4) is 0 Å². The summed E-state index contributed by atoms with van der Waals surface area (Å²) in [5, 5.41) is 11.0. The van der Waals surface area contributed by atoms with Gasteiger partial charge < -0.3 is 10.0 Å². The van der Waals surface area contributed by atoms with Crippen LogP contribution in [0.15, 0.2) is 10.9 Å². The molecule has 1 aromatic heterocycles. The van der Waals surface area contributed by atoms with Gasteiger partial charge in [-0.15, -0.1) is 11.3 Å². The van der Waals surface area contributed by atoms with E-state index in [-0.39, 0.29) is 5.91 Å². The van der Waals surface area contributed by atoms with E-state index in [1.165, 1.54) is 11.3 Å². The number of aromatic nitrogens is 1. The van der Waals surface area contributed by atoms with Crippen molar-refractivity contribution in [3.63, 3.8) is 0 Å². The zero-order valence-corrected chi connectivity index (χ0v) is 11.4. The van der Waals surface area contributed by atoms with Crippen LogP contribution >= 0.6 is 11.3 Å². The summed E-state index contributed by atoms with van der Waals surface area (Å²) in [5.41, 5.74) is 2.11. The molecular formula is C12H16N2O3S. The Morgan fingerprint density at radius 1 is 1.50 bits per heavy atom. The normalized spacial score (nSPS) is 24.6. The molecule has 0 bridgehead atoms. The van der Waals surface area contributed by atoms with Gasteiger partial charge in [-0.25, -0.2) is 4.98 Å². The first kappa shape index (κ1) is 13.0. The highest BCUT2D eigenvalue weighted by molar-refractivity contribution is 7.07. The first-order chi connectivity index (χ1) is 8.35. The van der Waals surface area contributed by atoms with Crippen LogP contribution in [0.5, 0.6) is 0 Å². The lowest BCUT2D eigenvalue weighted by Gasteiger charge is -2.16. The van der Waals surface area contributed by atoms with E-state index < -0.39 is 23.2 Å². The SMILES string of the molecule is CN(Cc1cscn1)C(=O)[C@H]1[C@@H](C(=O)O)C1(C)C. The number of rotatable bonds is 4. The number of carbonyl (C=O) groups excluding carboxylic acids is 1. The highest BCUT2D eigenvalue weighted by atomic mass is 32.1. The van der Waals surface area contributed by atoms with E-state index in [1.54, 1.807) is 17.5 Å². The summed E-state index contributed by atoms with van der Waals surface area (Å²) in [6, 6.07) is 0. The molecule has 1 aromatic rings. The van der Waals surface area contributed by atoms with Crippen molar-refractivity contribution in [2.75, 3.05) is 7.05 Å². The summed E-state index contributed by atoms with van der Waals surface area (Å²) >= 11 is 1.48. The Kier molecular flexibility index (Phi) is 3.14. The maximum atomic E-state index is 12.2. The third-order valence-corrected chi connectivity index (χ3v) is 4.25. The second-order valence-corrected chi connectivity index (χ2v) is 6.01. The van der Waals surface area contributed by atoms with Crippen LogP contribution < -0.4 is 0 Å². The molecule has 0 radical (unpaired) electrons. The first-order valence-corrected chi connectivity index (χ1v) is 6.65. The lowest BCUT2D eigenvalue weighted by Crippen LogP contribution is -2.29. The number of hydrogen-bond donors (Lipinski definition) is 1. The van der Waals surface area contributed by atoms with Crippen LogP contribution in [0, 0.1) is 17.3 Å². The topological polar surface area (TPSA) is 70.5 Å². The van der Waals surface area contributed by atoms with Crippen LogP contribution in [0.2, 0.25) is 0 Å². The Labute approximate surface area is 109 Å². The van der Waals surface area contributed by atoms with E-state index in [0.717, 1.165) is 5.69 Å². The van der Waals surface area contributed by atoms with Crippen molar-refractivity contribution in [1.82, 2.24) is 9.88 Å². The minimum Gasteiger partial charge on any atom is -0.481 e. The molecule has 1 aliphatic carbocycles. The molecule has 1 aliphatic rings. The Balaban J connectivity index is 2.02. The molecule has 5 nitrogen and oxygen atoms in total. The lowest BCUT2D eigenvalue weighted by molar-refractivity contribution is -0.141. The highest BCUT2D eigenvalue weighted by Gasteiger charge is 2.66. The van der Waals surface area contributed by atoms with Crippen molar-refractivity contribution in [2.24, 2.45) is 17.3 Å². The van der Waals surface area contributed by atoms with Gasteiger partial charge in [0.15, 0.2) is 0 Å². The van der Waals surface area contributed by atoms with E-state index >= 15 is 0 Å². The predicted octanol–water partition coefficient (Wildman–Crippen LogP) is 1.46. The Morgan fingerprint density at radius 3 is 2.61 bits per heavy atom. The molecule has 18 heavy (non-hydrogen) atoms. The minimum atomic E-state index is -0.889. The van der Waals surface area contributed by atoms with Crippen LogP contribution in [0.4, 0.5) is 0 Å². The van der Waals surface area contributed by atoms with Crippen molar-refractivity contribution < 1.29 is 14.7 Å². The fraction of sp³-hybridized carbons (Fsp3) is 0.583. The zero-order valence-electron chi connectivity index (χ0n) is 10.6. The summed E-state index contributed by atoms with van der Waals surface area (Å²) in [6.45, 7) is 4.08. The summed E-state index contributed by atoms with van der Waals surface area (Å²) in [6.07, 6.45) is 0. The standard InChI is InChI=1S/C12H16N2O3S/c1-12(2)8(9(12)11(16)17)10(15)14(3)4-7-5-18-6-13-7/h5-6,8-9H,4H2,1-3H3,(H,16,17)/t8-,9+/m1/s1. The van der Waals surface area contributed by atoms with Gasteiger partial charge in [-0.1, -0.05) is 13.8 Å². The number of carbonyl (C=O) groups is 2. The number of carboxylic acid groups (broad SMARTS) is 1. The number of aliphatic carboxylic acids is 1. The highest BCUT2D eigenvalue weighted by Crippen LogP contribution is 2.58. The molecule has 0 aliphatic heterocycles. The smallest absolute Gasteiger partial charge is 0.307 e. The molecular weight excluding hydrogens is 252 g/mol. The molecule has 2 atom stereocenters. The molecule has 6 heteroatoms. The van der Waals surface area contributed by atoms with Gasteiger partial charge in [0.05, 0.1) is 29.6 Å². The van der Waals surface area contributed by atoms with Crippen molar-refractivity contribution in [3.05, 3.63) is 16.6 Å². The minimum absolute atomic E-state index is 0.111. The Hall–Kier alpha value is -1.43. The second kappa shape index (κ2) is 4.35. The summed E-state index contributed by atoms with van der Waals surface area (Å²) in [7, 11) is 1.69. The number of carboxylic acids is 1. The van der Waals surface area contributed by atoms with Gasteiger partial charge in [0.1, 0.15) is 0 Å². The maximum Gasteiger partial charge on any atom is 0.307 e. The predicted molar refractivity (Wildman–Crippen MR) is 67.0 cm³/mol. The van der Waals surface area contributed by atoms with Crippen molar-refractivity contribution in [1.29, 1.82) is 0 Å². The van der Waals surface area contributed by atoms with E-state index in [9.17, 15) is 9.59 Å². The Morgan fingerprint density at radius 2 is 2.17 bits per heavy atom. The fourth-order valence-electron chi connectivity index (χ4n) is 2.43. The zero-order chi connectivity index (χ0) is 13.5. The van der Waals surface area contributed by atoms with Crippen LogP contribution in [0.1, 0.15) is 19.5 Å². The number of nitrogens with zero attached hydrogens (tertiary/aromatic N) is 2. The summed E-state index contributed by atoms with van der Waals surface area (Å²) in [5.74, 6) is -1.98. The molecule has 1 fully saturated rings. The van der Waals surface area contributed by atoms with Crippen LogP contribution in [-0.2, 0) is 16.1 Å². The molecule has 2 rings (SSSR count). The second-order valence-electron chi connectivity index (χ2n) is 5.29. The number of thiazole rings is 1. The van der Waals surface area contributed by atoms with Gasteiger partial charge in [0.2, 0.25) is 5.91 Å². The number of amides is 1. The average Bonchev–Trinajstić information content (AvgIpc) is 2.63. The Bertz CT molecular complexity index is 470. The summed E-state index contributed by atoms with van der Waals surface area (Å²) < 4.78 is 0. The van der Waals surface area contributed by atoms with Crippen LogP contribution in [0.3, 0.4) is 0 Å². The van der Waals surface area contributed by atoms with Gasteiger partial charge in [-0.2, -0.15) is 0 Å². The fourth-order valence-corrected chi connectivity index (χ4v) is 2.98. The third-order valence-electron chi connectivity index (χ3n) is 3.62. The molecule has 1 heterocycles. The molecule has 1 amide bonds. The van der Waals surface area contributed by atoms with Gasteiger partial charge >= 0.3 is 5.97 Å². The molecule has 0 unspecified atom stereocenters. The summed E-state index contributed by atoms with van der Waals surface area (Å²) in [4.78, 5) is 28.9.